The molecule has 0 spiro atoms. The van der Waals surface area contributed by atoms with Crippen molar-refractivity contribution >= 4 is 44.1 Å². The van der Waals surface area contributed by atoms with Crippen LogP contribution in [0, 0.1) is 10.7 Å². The zero-order valence-electron chi connectivity index (χ0n) is 10.1. The Bertz CT molecular complexity index is 596. The maximum absolute atomic E-state index is 5.28. The highest BCUT2D eigenvalue weighted by atomic mass is 79.9. The van der Waals surface area contributed by atoms with Gasteiger partial charge in [-0.15, -0.1) is 0 Å². The monoisotopic (exact) mass is 389 g/mol. The molecule has 2 rings (SSSR count). The summed E-state index contributed by atoms with van der Waals surface area (Å²) in [5.41, 5.74) is 1.03. The molecule has 0 saturated carbocycles. The van der Waals surface area contributed by atoms with Gasteiger partial charge in [-0.3, -0.25) is 9.67 Å². The fourth-order valence-corrected chi connectivity index (χ4v) is 3.26. The van der Waals surface area contributed by atoms with Crippen LogP contribution < -0.4 is 0 Å². The predicted octanol–water partition coefficient (Wildman–Crippen LogP) is 4.79. The number of nitrogens with zero attached hydrogens (tertiary/aromatic N) is 2. The molecule has 2 aromatic rings. The van der Waals surface area contributed by atoms with Crippen LogP contribution in [0.4, 0.5) is 0 Å². The third-order valence-electron chi connectivity index (χ3n) is 2.43. The molecular weight excluding hydrogens is 378 g/mol. The quantitative estimate of drug-likeness (QED) is 0.764. The number of nitrogens with one attached hydrogen (secondary N) is 1. The van der Waals surface area contributed by atoms with Gasteiger partial charge < -0.3 is 0 Å². The number of benzene rings is 1. The third kappa shape index (κ3) is 3.10. The Kier molecular flexibility index (Phi) is 4.40. The topological polar surface area (TPSA) is 33.6 Å². The average molecular weight is 391 g/mol. The molecule has 1 N–H and O–H groups in total. The van der Waals surface area contributed by atoms with Gasteiger partial charge >= 0.3 is 0 Å². The SMILES string of the molecule is CC(C)Cn1c(-c2cc(Br)cc(Br)c2)n[nH]c1=S. The summed E-state index contributed by atoms with van der Waals surface area (Å²) in [7, 11) is 0. The maximum atomic E-state index is 5.28. The molecule has 0 aliphatic heterocycles. The maximum Gasteiger partial charge on any atom is 0.195 e. The molecule has 6 heteroatoms. The van der Waals surface area contributed by atoms with Gasteiger partial charge in [0.1, 0.15) is 0 Å². The molecule has 0 unspecified atom stereocenters. The molecule has 0 aliphatic carbocycles. The highest BCUT2D eigenvalue weighted by Gasteiger charge is 2.11. The van der Waals surface area contributed by atoms with Crippen LogP contribution in [-0.4, -0.2) is 14.8 Å². The van der Waals surface area contributed by atoms with Crippen LogP contribution in [0.5, 0.6) is 0 Å². The van der Waals surface area contributed by atoms with E-state index in [0.717, 1.165) is 26.9 Å². The lowest BCUT2D eigenvalue weighted by molar-refractivity contribution is 0.521. The molecule has 1 aromatic heterocycles. The zero-order chi connectivity index (χ0) is 13.3. The molecule has 18 heavy (non-hydrogen) atoms. The Morgan fingerprint density at radius 3 is 2.44 bits per heavy atom. The number of aromatic nitrogens is 3. The first-order valence-electron chi connectivity index (χ1n) is 5.59. The van der Waals surface area contributed by atoms with Crippen molar-refractivity contribution in [2.75, 3.05) is 0 Å². The zero-order valence-corrected chi connectivity index (χ0v) is 14.1. The van der Waals surface area contributed by atoms with Crippen LogP contribution in [-0.2, 0) is 6.54 Å². The summed E-state index contributed by atoms with van der Waals surface area (Å²) in [6.07, 6.45) is 0. The summed E-state index contributed by atoms with van der Waals surface area (Å²) in [5, 5.41) is 7.19. The fourth-order valence-electron chi connectivity index (χ4n) is 1.76. The van der Waals surface area contributed by atoms with E-state index < -0.39 is 0 Å². The minimum Gasteiger partial charge on any atom is -0.300 e. The molecule has 0 radical (unpaired) electrons. The first-order valence-corrected chi connectivity index (χ1v) is 7.58. The molecule has 0 aliphatic rings. The van der Waals surface area contributed by atoms with E-state index in [9.17, 15) is 0 Å². The number of H-pyrrole nitrogens is 1. The predicted molar refractivity (Wildman–Crippen MR) is 83.1 cm³/mol. The van der Waals surface area contributed by atoms with Crippen molar-refractivity contribution in [3.63, 3.8) is 0 Å². The van der Waals surface area contributed by atoms with Crippen molar-refractivity contribution in [2.45, 2.75) is 20.4 Å². The molecule has 96 valence electrons. The molecule has 0 amide bonds. The van der Waals surface area contributed by atoms with E-state index in [4.69, 9.17) is 12.2 Å². The van der Waals surface area contributed by atoms with Crippen LogP contribution in [0.2, 0.25) is 0 Å². The minimum atomic E-state index is 0.517. The molecule has 3 nitrogen and oxygen atoms in total. The van der Waals surface area contributed by atoms with Gasteiger partial charge in [-0.25, -0.2) is 0 Å². The van der Waals surface area contributed by atoms with E-state index in [2.05, 4.69) is 55.9 Å². The van der Waals surface area contributed by atoms with Crippen LogP contribution in [0.1, 0.15) is 13.8 Å². The van der Waals surface area contributed by atoms with Gasteiger partial charge in [-0.1, -0.05) is 45.7 Å². The summed E-state index contributed by atoms with van der Waals surface area (Å²) in [4.78, 5) is 0. The molecule has 1 heterocycles. The van der Waals surface area contributed by atoms with Crippen molar-refractivity contribution in [3.8, 4) is 11.4 Å². The highest BCUT2D eigenvalue weighted by Crippen LogP contribution is 2.27. The first-order chi connectivity index (χ1) is 8.47. The number of halogens is 2. The van der Waals surface area contributed by atoms with E-state index >= 15 is 0 Å². The van der Waals surface area contributed by atoms with Crippen molar-refractivity contribution in [3.05, 3.63) is 31.9 Å². The van der Waals surface area contributed by atoms with Gasteiger partial charge in [-0.2, -0.15) is 5.10 Å². The lowest BCUT2D eigenvalue weighted by Crippen LogP contribution is -2.06. The second-order valence-corrected chi connectivity index (χ2v) is 6.73. The second-order valence-electron chi connectivity index (χ2n) is 4.51. The number of aromatic amines is 1. The van der Waals surface area contributed by atoms with Crippen molar-refractivity contribution in [2.24, 2.45) is 5.92 Å². The molecule has 0 saturated heterocycles. The Hall–Kier alpha value is -0.460. The largest absolute Gasteiger partial charge is 0.300 e. The van der Waals surface area contributed by atoms with Gasteiger partial charge in [0.2, 0.25) is 0 Å². The first kappa shape index (κ1) is 14.0. The van der Waals surface area contributed by atoms with Gasteiger partial charge in [0.25, 0.3) is 0 Å². The van der Waals surface area contributed by atoms with Gasteiger partial charge in [0.15, 0.2) is 10.6 Å². The lowest BCUT2D eigenvalue weighted by atomic mass is 10.2. The highest BCUT2D eigenvalue weighted by molar-refractivity contribution is 9.11. The van der Waals surface area contributed by atoms with Crippen molar-refractivity contribution in [1.82, 2.24) is 14.8 Å². The van der Waals surface area contributed by atoms with E-state index in [1.165, 1.54) is 0 Å². The standard InChI is InChI=1S/C12H13Br2N3S/c1-7(2)6-17-11(15-16-12(17)18)8-3-9(13)5-10(14)4-8/h3-5,7H,6H2,1-2H3,(H,16,18). The summed E-state index contributed by atoms with van der Waals surface area (Å²) in [5.74, 6) is 1.39. The number of hydrogen-bond donors (Lipinski definition) is 1. The van der Waals surface area contributed by atoms with Gasteiger partial charge in [0, 0.05) is 21.1 Å². The van der Waals surface area contributed by atoms with E-state index in [1.54, 1.807) is 0 Å². The Morgan fingerprint density at radius 1 is 1.28 bits per heavy atom. The average Bonchev–Trinajstić information content (AvgIpc) is 2.58. The van der Waals surface area contributed by atoms with E-state index in [-0.39, 0.29) is 0 Å². The summed E-state index contributed by atoms with van der Waals surface area (Å²) < 4.78 is 4.72. The molecular formula is C12H13Br2N3S. The summed E-state index contributed by atoms with van der Waals surface area (Å²) in [6, 6.07) is 6.07. The minimum absolute atomic E-state index is 0.517. The second kappa shape index (κ2) is 5.67. The van der Waals surface area contributed by atoms with E-state index in [0.29, 0.717) is 10.7 Å². The van der Waals surface area contributed by atoms with Gasteiger partial charge in [-0.05, 0) is 36.3 Å². The summed E-state index contributed by atoms with van der Waals surface area (Å²) >= 11 is 12.3. The van der Waals surface area contributed by atoms with Crippen LogP contribution >= 0.6 is 44.1 Å². The lowest BCUT2D eigenvalue weighted by Gasteiger charge is -2.10. The molecule has 1 aromatic carbocycles. The van der Waals surface area contributed by atoms with Crippen LogP contribution in [0.3, 0.4) is 0 Å². The molecule has 0 atom stereocenters. The number of rotatable bonds is 3. The summed E-state index contributed by atoms with van der Waals surface area (Å²) in [6.45, 7) is 5.18. The van der Waals surface area contributed by atoms with Crippen molar-refractivity contribution < 1.29 is 0 Å². The molecule has 0 bridgehead atoms. The third-order valence-corrected chi connectivity index (χ3v) is 3.65. The Labute approximate surface area is 128 Å². The Balaban J connectivity index is 2.53. The van der Waals surface area contributed by atoms with Crippen molar-refractivity contribution in [1.29, 1.82) is 0 Å². The smallest absolute Gasteiger partial charge is 0.195 e. The number of hydrogen-bond acceptors (Lipinski definition) is 2. The fraction of sp³-hybridized carbons (Fsp3) is 0.333. The van der Waals surface area contributed by atoms with Gasteiger partial charge in [0.05, 0.1) is 0 Å². The molecule has 0 fully saturated rings. The van der Waals surface area contributed by atoms with Crippen LogP contribution in [0.25, 0.3) is 11.4 Å². The van der Waals surface area contributed by atoms with Crippen LogP contribution in [0.15, 0.2) is 27.1 Å². The Morgan fingerprint density at radius 2 is 1.89 bits per heavy atom. The normalized spacial score (nSPS) is 11.2. The van der Waals surface area contributed by atoms with E-state index in [1.807, 2.05) is 22.8 Å².